The average Bonchev–Trinajstić information content (AvgIpc) is 3.33. The summed E-state index contributed by atoms with van der Waals surface area (Å²) in [6.07, 6.45) is 4.83. The lowest BCUT2D eigenvalue weighted by atomic mass is 10.0. The lowest BCUT2D eigenvalue weighted by Gasteiger charge is -2.37. The van der Waals surface area contributed by atoms with Crippen LogP contribution in [0.1, 0.15) is 69.3 Å². The van der Waals surface area contributed by atoms with Gasteiger partial charge < -0.3 is 14.1 Å². The Morgan fingerprint density at radius 3 is 2.35 bits per heavy atom. The third kappa shape index (κ3) is 5.64. The Labute approximate surface area is 254 Å². The number of hydrogen-bond acceptors (Lipinski definition) is 8. The molecule has 0 bridgehead atoms. The van der Waals surface area contributed by atoms with Gasteiger partial charge in [-0.05, 0) is 75.0 Å². The highest BCUT2D eigenvalue weighted by molar-refractivity contribution is 6.74. The van der Waals surface area contributed by atoms with Crippen molar-refractivity contribution in [1.29, 1.82) is 0 Å². The van der Waals surface area contributed by atoms with E-state index in [2.05, 4.69) is 48.9 Å². The third-order valence-corrected chi connectivity index (χ3v) is 14.0. The number of ketones is 1. The molecule has 0 radical (unpaired) electrons. The topological polar surface area (TPSA) is 117 Å². The number of hydrogen-bond donors (Lipinski definition) is 0. The number of fused-ring (bicyclic) bond motifs is 2. The number of rotatable bonds is 9. The molecule has 2 aliphatic rings. The van der Waals surface area contributed by atoms with Crippen LogP contribution in [0.15, 0.2) is 24.5 Å². The van der Waals surface area contributed by atoms with E-state index in [1.807, 2.05) is 26.0 Å². The molecule has 3 atom stereocenters. The van der Waals surface area contributed by atoms with Crippen molar-refractivity contribution < 1.29 is 23.5 Å². The van der Waals surface area contributed by atoms with E-state index in [0.717, 1.165) is 23.1 Å². The number of benzene rings is 1. The molecule has 2 fully saturated rings. The number of likely N-dealkylation sites (tertiary alicyclic amines) is 1. The molecular weight excluding hydrogens is 562 g/mol. The molecule has 10 nitrogen and oxygen atoms in total. The quantitative estimate of drug-likeness (QED) is 0.184. The van der Waals surface area contributed by atoms with Crippen LogP contribution in [-0.4, -0.2) is 75.9 Å². The first kappa shape index (κ1) is 31.0. The van der Waals surface area contributed by atoms with Gasteiger partial charge in [0.15, 0.2) is 14.1 Å². The second-order valence-electron chi connectivity index (χ2n) is 13.7. The van der Waals surface area contributed by atoms with Crippen molar-refractivity contribution in [3.8, 4) is 11.1 Å². The summed E-state index contributed by atoms with van der Waals surface area (Å²) in [6.45, 7) is 18.7. The van der Waals surface area contributed by atoms with E-state index in [0.29, 0.717) is 35.4 Å². The van der Waals surface area contributed by atoms with Gasteiger partial charge >= 0.3 is 5.97 Å². The lowest BCUT2D eigenvalue weighted by molar-refractivity contribution is -0.154. The Balaban J connectivity index is 1.46. The predicted molar refractivity (Wildman–Crippen MR) is 166 cm³/mol. The van der Waals surface area contributed by atoms with Gasteiger partial charge in [-0.15, -0.1) is 0 Å². The van der Waals surface area contributed by atoms with E-state index >= 15 is 0 Å². The molecule has 11 heteroatoms. The summed E-state index contributed by atoms with van der Waals surface area (Å²) in [6, 6.07) is 3.13. The van der Waals surface area contributed by atoms with Crippen molar-refractivity contribution in [2.24, 2.45) is 5.41 Å². The highest BCUT2D eigenvalue weighted by Gasteiger charge is 2.68. The number of aryl methyl sites for hydroxylation is 2. The third-order valence-electron chi connectivity index (χ3n) is 9.56. The molecule has 1 aliphatic carbocycles. The van der Waals surface area contributed by atoms with Crippen molar-refractivity contribution in [1.82, 2.24) is 24.6 Å². The average molecular weight is 606 g/mol. The van der Waals surface area contributed by atoms with Crippen LogP contribution in [0, 0.1) is 19.3 Å². The fourth-order valence-corrected chi connectivity index (χ4v) is 7.08. The molecule has 0 spiro atoms. The summed E-state index contributed by atoms with van der Waals surface area (Å²) < 4.78 is 13.6. The SMILES string of the molecule is CCOC(=O)[C@@H]1C[C@@]2(CO[Si](C)(C)C(C)(C)C)C[C@H]2N1C(=O)Cn1nc(C(C)=O)c2cc(-c3cnc(C)nc3)cc(C)c21. The van der Waals surface area contributed by atoms with E-state index < -0.39 is 14.4 Å². The maximum atomic E-state index is 14.1. The number of amides is 1. The molecule has 3 heterocycles. The predicted octanol–water partition coefficient (Wildman–Crippen LogP) is 5.26. The van der Waals surface area contributed by atoms with Crippen LogP contribution in [0.5, 0.6) is 0 Å². The Kier molecular flexibility index (Phi) is 7.87. The monoisotopic (exact) mass is 605 g/mol. The largest absolute Gasteiger partial charge is 0.464 e. The Bertz CT molecular complexity index is 1590. The zero-order chi connectivity index (χ0) is 31.5. The van der Waals surface area contributed by atoms with Crippen LogP contribution < -0.4 is 0 Å². The van der Waals surface area contributed by atoms with Gasteiger partial charge in [0.1, 0.15) is 24.1 Å². The first-order valence-corrected chi connectivity index (χ1v) is 17.9. The fraction of sp³-hybridized carbons (Fsp3) is 0.562. The van der Waals surface area contributed by atoms with Crippen molar-refractivity contribution in [3.05, 3.63) is 41.6 Å². The van der Waals surface area contributed by atoms with E-state index in [1.165, 1.54) is 6.92 Å². The van der Waals surface area contributed by atoms with E-state index in [-0.39, 0.29) is 47.3 Å². The molecular formula is C32H43N5O5Si. The molecule has 230 valence electrons. The molecule has 43 heavy (non-hydrogen) atoms. The van der Waals surface area contributed by atoms with Gasteiger partial charge in [0, 0.05) is 48.3 Å². The van der Waals surface area contributed by atoms with Crippen LogP contribution in [0.4, 0.5) is 0 Å². The Morgan fingerprint density at radius 2 is 1.74 bits per heavy atom. The van der Waals surface area contributed by atoms with Crippen LogP contribution in [0.25, 0.3) is 22.0 Å². The molecule has 1 amide bonds. The van der Waals surface area contributed by atoms with Crippen LogP contribution >= 0.6 is 0 Å². The lowest BCUT2D eigenvalue weighted by Crippen LogP contribution is -2.45. The first-order valence-electron chi connectivity index (χ1n) is 15.0. The summed E-state index contributed by atoms with van der Waals surface area (Å²) >= 11 is 0. The van der Waals surface area contributed by atoms with Crippen LogP contribution in [-0.2, 0) is 25.3 Å². The van der Waals surface area contributed by atoms with Crippen molar-refractivity contribution in [3.63, 3.8) is 0 Å². The smallest absolute Gasteiger partial charge is 0.328 e. The molecule has 3 aromatic rings. The molecule has 0 unspecified atom stereocenters. The van der Waals surface area contributed by atoms with E-state index in [4.69, 9.17) is 9.16 Å². The van der Waals surface area contributed by atoms with Crippen LogP contribution in [0.2, 0.25) is 18.1 Å². The zero-order valence-electron chi connectivity index (χ0n) is 26.8. The number of esters is 1. The molecule has 1 saturated carbocycles. The van der Waals surface area contributed by atoms with E-state index in [9.17, 15) is 14.4 Å². The Morgan fingerprint density at radius 1 is 1.07 bits per heavy atom. The second-order valence-corrected chi connectivity index (χ2v) is 18.5. The van der Waals surface area contributed by atoms with Gasteiger partial charge in [-0.25, -0.2) is 14.8 Å². The standard InChI is InChI=1S/C32H43N5O5Si/c1-10-41-30(40)25-13-32(18-42-43(8,9)31(5,6)7)14-26(32)37(25)27(39)17-36-29-19(2)11-22(23-15-33-21(4)34-16-23)12-24(29)28(35-36)20(3)38/h11-12,15-16,25-26H,10,13-14,17-18H2,1-9H3/t25-,26+,32-/m0/s1. The summed E-state index contributed by atoms with van der Waals surface area (Å²) in [5, 5.41) is 5.35. The maximum absolute atomic E-state index is 14.1. The van der Waals surface area contributed by atoms with Crippen LogP contribution in [0.3, 0.4) is 0 Å². The van der Waals surface area contributed by atoms with Crippen molar-refractivity contribution in [2.45, 2.75) is 98.1 Å². The number of carbonyl (C=O) groups is 3. The minimum Gasteiger partial charge on any atom is -0.464 e. The number of Topliss-reactive ketones (excluding diaryl/α,β-unsaturated/α-hetero) is 1. The molecule has 1 aliphatic heterocycles. The summed E-state index contributed by atoms with van der Waals surface area (Å²) in [5.74, 6) is -0.121. The highest BCUT2D eigenvalue weighted by atomic mass is 28.4. The number of nitrogens with zero attached hydrogens (tertiary/aromatic N) is 5. The summed E-state index contributed by atoms with van der Waals surface area (Å²) in [5.41, 5.74) is 3.32. The molecule has 1 aromatic carbocycles. The number of carbonyl (C=O) groups excluding carboxylic acids is 3. The number of ether oxygens (including phenoxy) is 1. The minimum absolute atomic E-state index is 0.0580. The highest BCUT2D eigenvalue weighted by Crippen LogP contribution is 2.60. The summed E-state index contributed by atoms with van der Waals surface area (Å²) in [7, 11) is -2.02. The van der Waals surface area contributed by atoms with Gasteiger partial charge in [0.25, 0.3) is 0 Å². The van der Waals surface area contributed by atoms with Gasteiger partial charge in [-0.2, -0.15) is 5.10 Å². The second kappa shape index (κ2) is 10.9. The Hall–Kier alpha value is -3.44. The molecule has 2 aromatic heterocycles. The summed E-state index contributed by atoms with van der Waals surface area (Å²) in [4.78, 5) is 50.2. The maximum Gasteiger partial charge on any atom is 0.328 e. The number of aromatic nitrogens is 4. The van der Waals surface area contributed by atoms with Gasteiger partial charge in [0.05, 0.1) is 12.1 Å². The normalized spacial score (nSPS) is 21.7. The van der Waals surface area contributed by atoms with Crippen molar-refractivity contribution in [2.75, 3.05) is 13.2 Å². The van der Waals surface area contributed by atoms with Gasteiger partial charge in [0.2, 0.25) is 5.91 Å². The molecule has 5 rings (SSSR count). The zero-order valence-corrected chi connectivity index (χ0v) is 27.8. The van der Waals surface area contributed by atoms with E-state index in [1.54, 1.807) is 28.9 Å². The van der Waals surface area contributed by atoms with Gasteiger partial charge in [-0.3, -0.25) is 14.3 Å². The molecule has 0 N–H and O–H groups in total. The number of piperidine rings is 1. The fourth-order valence-electron chi connectivity index (χ4n) is 6.00. The minimum atomic E-state index is -2.02. The first-order chi connectivity index (χ1) is 20.1. The van der Waals surface area contributed by atoms with Gasteiger partial charge in [-0.1, -0.05) is 20.8 Å². The molecule has 1 saturated heterocycles. The van der Waals surface area contributed by atoms with Crippen molar-refractivity contribution >= 4 is 36.9 Å².